The topological polar surface area (TPSA) is 94.5 Å². The lowest BCUT2D eigenvalue weighted by molar-refractivity contribution is -0.134. The van der Waals surface area contributed by atoms with E-state index in [9.17, 15) is 4.79 Å². The number of hydrogen-bond donors (Lipinski definition) is 1. The molecular weight excluding hydrogens is 260 g/mol. The van der Waals surface area contributed by atoms with E-state index < -0.39 is 6.04 Å². The molecule has 114 valence electrons. The average molecular weight is 284 g/mol. The minimum atomic E-state index is -0.576. The number of nitrogens with zero attached hydrogens (tertiary/aromatic N) is 3. The van der Waals surface area contributed by atoms with Crippen LogP contribution in [0.25, 0.3) is 0 Å². The normalized spacial score (nSPS) is 14.9. The van der Waals surface area contributed by atoms with E-state index in [0.717, 1.165) is 0 Å². The Morgan fingerprint density at radius 3 is 2.60 bits per heavy atom. The minimum absolute atomic E-state index is 0.156. The van der Waals surface area contributed by atoms with Crippen LogP contribution in [0, 0.1) is 5.41 Å². The molecule has 2 N–H and O–H groups in total. The number of ether oxygens (including phenoxy) is 1. The van der Waals surface area contributed by atoms with E-state index in [1.165, 1.54) is 4.90 Å². The summed E-state index contributed by atoms with van der Waals surface area (Å²) in [5, 5.41) is 3.81. The number of nitrogens with two attached hydrogens (primary N) is 1. The monoisotopic (exact) mass is 284 g/mol. The minimum Gasteiger partial charge on any atom is -0.374 e. The Labute approximate surface area is 119 Å². The van der Waals surface area contributed by atoms with Gasteiger partial charge in [-0.2, -0.15) is 4.98 Å². The molecule has 0 saturated carbocycles. The highest BCUT2D eigenvalue weighted by molar-refractivity contribution is 5.82. The van der Waals surface area contributed by atoms with Crippen molar-refractivity contribution >= 4 is 5.91 Å². The first-order valence-corrected chi connectivity index (χ1v) is 6.52. The third-order valence-electron chi connectivity index (χ3n) is 3.15. The van der Waals surface area contributed by atoms with Gasteiger partial charge in [-0.3, -0.25) is 4.79 Å². The lowest BCUT2D eigenvalue weighted by Crippen LogP contribution is -2.48. The highest BCUT2D eigenvalue weighted by Crippen LogP contribution is 2.19. The van der Waals surface area contributed by atoms with Crippen LogP contribution in [-0.2, 0) is 16.1 Å². The summed E-state index contributed by atoms with van der Waals surface area (Å²) >= 11 is 0. The number of carbonyl (C=O) groups is 1. The van der Waals surface area contributed by atoms with Crippen molar-refractivity contribution in [3.05, 3.63) is 11.7 Å². The van der Waals surface area contributed by atoms with Gasteiger partial charge in [-0.1, -0.05) is 25.9 Å². The summed E-state index contributed by atoms with van der Waals surface area (Å²) in [6, 6.07) is -0.576. The van der Waals surface area contributed by atoms with Crippen molar-refractivity contribution in [3.8, 4) is 0 Å². The predicted molar refractivity (Wildman–Crippen MR) is 73.6 cm³/mol. The summed E-state index contributed by atoms with van der Waals surface area (Å²) in [5.41, 5.74) is 5.65. The van der Waals surface area contributed by atoms with Crippen LogP contribution in [0.15, 0.2) is 4.52 Å². The van der Waals surface area contributed by atoms with E-state index in [-0.39, 0.29) is 24.0 Å². The zero-order chi connectivity index (χ0) is 15.5. The lowest BCUT2D eigenvalue weighted by Gasteiger charge is -2.29. The molecule has 2 atom stereocenters. The van der Waals surface area contributed by atoms with Crippen LogP contribution in [0.1, 0.15) is 45.5 Å². The Morgan fingerprint density at radius 1 is 1.50 bits per heavy atom. The molecule has 7 nitrogen and oxygen atoms in total. The number of likely N-dealkylation sites (N-methyl/N-ethyl adjacent to an activating group) is 1. The third-order valence-corrected chi connectivity index (χ3v) is 3.15. The van der Waals surface area contributed by atoms with Gasteiger partial charge >= 0.3 is 0 Å². The van der Waals surface area contributed by atoms with Gasteiger partial charge in [0.25, 0.3) is 0 Å². The number of hydrogen-bond acceptors (Lipinski definition) is 6. The summed E-state index contributed by atoms with van der Waals surface area (Å²) in [4.78, 5) is 17.9. The highest BCUT2D eigenvalue weighted by Gasteiger charge is 2.30. The van der Waals surface area contributed by atoms with Crippen molar-refractivity contribution in [3.63, 3.8) is 0 Å². The smallest absolute Gasteiger partial charge is 0.246 e. The molecule has 0 saturated heterocycles. The molecule has 0 spiro atoms. The molecule has 0 aliphatic rings. The first-order valence-electron chi connectivity index (χ1n) is 6.52. The second-order valence-corrected chi connectivity index (χ2v) is 5.96. The third kappa shape index (κ3) is 4.01. The molecule has 0 aliphatic heterocycles. The zero-order valence-electron chi connectivity index (χ0n) is 13.0. The number of rotatable bonds is 5. The molecule has 0 aliphatic carbocycles. The van der Waals surface area contributed by atoms with Gasteiger partial charge in [0, 0.05) is 14.2 Å². The second kappa shape index (κ2) is 6.32. The maximum Gasteiger partial charge on any atom is 0.246 e. The average Bonchev–Trinajstić information content (AvgIpc) is 2.83. The molecule has 1 heterocycles. The largest absolute Gasteiger partial charge is 0.374 e. The van der Waals surface area contributed by atoms with Crippen molar-refractivity contribution in [1.82, 2.24) is 15.0 Å². The van der Waals surface area contributed by atoms with Crippen LogP contribution < -0.4 is 5.73 Å². The fourth-order valence-electron chi connectivity index (χ4n) is 1.49. The zero-order valence-corrected chi connectivity index (χ0v) is 13.0. The molecule has 1 aromatic heterocycles. The highest BCUT2D eigenvalue weighted by atomic mass is 16.5. The number of carbonyl (C=O) groups excluding carboxylic acids is 1. The van der Waals surface area contributed by atoms with Crippen molar-refractivity contribution in [2.45, 2.75) is 46.4 Å². The van der Waals surface area contributed by atoms with E-state index in [1.54, 1.807) is 14.2 Å². The van der Waals surface area contributed by atoms with E-state index in [0.29, 0.717) is 11.7 Å². The Hall–Kier alpha value is -1.47. The number of methoxy groups -OCH3 is 1. The van der Waals surface area contributed by atoms with Gasteiger partial charge in [0.05, 0.1) is 12.6 Å². The van der Waals surface area contributed by atoms with E-state index in [1.807, 2.05) is 27.7 Å². The van der Waals surface area contributed by atoms with Gasteiger partial charge in [-0.25, -0.2) is 0 Å². The SMILES string of the molecule is COC(C)c1noc(CN(C)C(=O)[C@@H](N)C(C)(C)C)n1. The van der Waals surface area contributed by atoms with Crippen LogP contribution in [0.3, 0.4) is 0 Å². The standard InChI is InChI=1S/C13H24N4O3/c1-8(19-6)11-15-9(20-16-11)7-17(5)12(18)10(14)13(2,3)4/h8,10H,7,14H2,1-6H3/t8?,10-/m1/s1. The van der Waals surface area contributed by atoms with Gasteiger partial charge in [0.15, 0.2) is 5.82 Å². The summed E-state index contributed by atoms with van der Waals surface area (Å²) in [5.74, 6) is 0.668. The van der Waals surface area contributed by atoms with Crippen molar-refractivity contribution in [2.75, 3.05) is 14.2 Å². The maximum atomic E-state index is 12.2. The fourth-order valence-corrected chi connectivity index (χ4v) is 1.49. The van der Waals surface area contributed by atoms with Gasteiger partial charge < -0.3 is 19.9 Å². The molecule has 1 aromatic rings. The lowest BCUT2D eigenvalue weighted by atomic mass is 9.86. The van der Waals surface area contributed by atoms with Crippen molar-refractivity contribution in [2.24, 2.45) is 11.1 Å². The van der Waals surface area contributed by atoms with Crippen LogP contribution >= 0.6 is 0 Å². The summed E-state index contributed by atoms with van der Waals surface area (Å²) in [6.07, 6.45) is -0.245. The predicted octanol–water partition coefficient (Wildman–Crippen LogP) is 1.11. The van der Waals surface area contributed by atoms with E-state index >= 15 is 0 Å². The Balaban J connectivity index is 2.69. The summed E-state index contributed by atoms with van der Waals surface area (Å²) in [7, 11) is 3.23. The first kappa shape index (κ1) is 16.6. The second-order valence-electron chi connectivity index (χ2n) is 5.96. The van der Waals surface area contributed by atoms with Crippen LogP contribution in [0.5, 0.6) is 0 Å². The van der Waals surface area contributed by atoms with Crippen LogP contribution in [-0.4, -0.2) is 41.1 Å². The molecule has 1 unspecified atom stereocenters. The van der Waals surface area contributed by atoms with Gasteiger partial charge in [-0.05, 0) is 12.3 Å². The number of amides is 1. The Bertz CT molecular complexity index is 453. The van der Waals surface area contributed by atoms with Gasteiger partial charge in [0.1, 0.15) is 6.10 Å². The fraction of sp³-hybridized carbons (Fsp3) is 0.769. The van der Waals surface area contributed by atoms with Crippen molar-refractivity contribution in [1.29, 1.82) is 0 Å². The van der Waals surface area contributed by atoms with Gasteiger partial charge in [0.2, 0.25) is 11.8 Å². The quantitative estimate of drug-likeness (QED) is 0.870. The molecular formula is C13H24N4O3. The van der Waals surface area contributed by atoms with Gasteiger partial charge in [-0.15, -0.1) is 0 Å². The maximum absolute atomic E-state index is 12.2. The molecule has 1 amide bonds. The molecule has 20 heavy (non-hydrogen) atoms. The molecule has 0 aromatic carbocycles. The molecule has 0 bridgehead atoms. The Morgan fingerprint density at radius 2 is 2.10 bits per heavy atom. The molecule has 1 rings (SSSR count). The number of aromatic nitrogens is 2. The summed E-state index contributed by atoms with van der Waals surface area (Å²) < 4.78 is 10.2. The summed E-state index contributed by atoms with van der Waals surface area (Å²) in [6.45, 7) is 7.82. The molecule has 7 heteroatoms. The van der Waals surface area contributed by atoms with Crippen LogP contribution in [0.4, 0.5) is 0 Å². The van der Waals surface area contributed by atoms with Crippen LogP contribution in [0.2, 0.25) is 0 Å². The van der Waals surface area contributed by atoms with E-state index in [2.05, 4.69) is 10.1 Å². The Kier molecular flexibility index (Phi) is 5.24. The first-order chi connectivity index (χ1) is 9.16. The molecule has 0 fully saturated rings. The molecule has 0 radical (unpaired) electrons. The van der Waals surface area contributed by atoms with Crippen molar-refractivity contribution < 1.29 is 14.1 Å². The van der Waals surface area contributed by atoms with E-state index in [4.69, 9.17) is 15.0 Å².